The molecule has 0 amide bonds. The van der Waals surface area contributed by atoms with E-state index < -0.39 is 0 Å². The molecular weight excluding hydrogens is 172 g/mol. The van der Waals surface area contributed by atoms with Gasteiger partial charge in [-0.05, 0) is 30.0 Å². The van der Waals surface area contributed by atoms with Crippen molar-refractivity contribution in [3.8, 4) is 6.07 Å². The highest BCUT2D eigenvalue weighted by atomic mass is 14.9. The molecule has 0 bridgehead atoms. The molecule has 1 saturated carbocycles. The third-order valence-corrected chi connectivity index (χ3v) is 3.43. The van der Waals surface area contributed by atoms with Crippen LogP contribution in [0.2, 0.25) is 0 Å². The molecule has 1 heterocycles. The van der Waals surface area contributed by atoms with Crippen LogP contribution >= 0.6 is 0 Å². The Labute approximate surface area is 83.6 Å². The number of fused-ring (bicyclic) bond motifs is 2. The first kappa shape index (κ1) is 8.02. The molecule has 1 aromatic rings. The first-order chi connectivity index (χ1) is 6.86. The molecule has 1 fully saturated rings. The Balaban J connectivity index is 2.24. The predicted octanol–water partition coefficient (Wildman–Crippen LogP) is 1.69. The molecule has 1 N–H and O–H groups in total. The summed E-state index contributed by atoms with van der Waals surface area (Å²) in [7, 11) is 0. The Morgan fingerprint density at radius 1 is 1.36 bits per heavy atom. The van der Waals surface area contributed by atoms with Gasteiger partial charge in [0.1, 0.15) is 0 Å². The van der Waals surface area contributed by atoms with E-state index in [0.717, 1.165) is 18.7 Å². The van der Waals surface area contributed by atoms with Gasteiger partial charge < -0.3 is 5.32 Å². The van der Waals surface area contributed by atoms with E-state index in [2.05, 4.69) is 17.5 Å². The second-order valence-corrected chi connectivity index (χ2v) is 4.34. The number of hydrogen-bond acceptors (Lipinski definition) is 2. The normalized spacial score (nSPS) is 21.4. The molecule has 1 spiro atoms. The number of benzene rings is 1. The van der Waals surface area contributed by atoms with Crippen molar-refractivity contribution in [3.63, 3.8) is 0 Å². The van der Waals surface area contributed by atoms with Crippen LogP contribution in [0.1, 0.15) is 29.5 Å². The smallest absolute Gasteiger partial charge is 0.0994 e. The van der Waals surface area contributed by atoms with Crippen molar-refractivity contribution in [3.05, 3.63) is 34.9 Å². The number of hydrogen-bond donors (Lipinski definition) is 1. The van der Waals surface area contributed by atoms with Gasteiger partial charge in [0.05, 0.1) is 11.6 Å². The summed E-state index contributed by atoms with van der Waals surface area (Å²) in [5.41, 5.74) is 3.87. The standard InChI is InChI=1S/C12H12N2/c13-6-9-2-1-3-10-7-14-8-12(4-5-12)11(9)10/h1-3,14H,4-5,7-8H2. The molecule has 14 heavy (non-hydrogen) atoms. The minimum absolute atomic E-state index is 0.319. The number of rotatable bonds is 0. The van der Waals surface area contributed by atoms with Crippen LogP contribution < -0.4 is 5.32 Å². The molecule has 0 aromatic heterocycles. The van der Waals surface area contributed by atoms with E-state index in [9.17, 15) is 0 Å². The lowest BCUT2D eigenvalue weighted by Gasteiger charge is -2.27. The summed E-state index contributed by atoms with van der Waals surface area (Å²) in [5, 5.41) is 12.5. The van der Waals surface area contributed by atoms with Crippen molar-refractivity contribution >= 4 is 0 Å². The van der Waals surface area contributed by atoms with Crippen LogP contribution in [-0.4, -0.2) is 6.54 Å². The van der Waals surface area contributed by atoms with Crippen molar-refractivity contribution in [2.45, 2.75) is 24.8 Å². The van der Waals surface area contributed by atoms with Crippen molar-refractivity contribution in [1.82, 2.24) is 5.32 Å². The molecule has 0 unspecified atom stereocenters. The zero-order valence-corrected chi connectivity index (χ0v) is 8.01. The van der Waals surface area contributed by atoms with Crippen LogP contribution in [0.25, 0.3) is 0 Å². The van der Waals surface area contributed by atoms with Crippen LogP contribution in [0, 0.1) is 11.3 Å². The maximum absolute atomic E-state index is 9.08. The van der Waals surface area contributed by atoms with Gasteiger partial charge in [-0.15, -0.1) is 0 Å². The lowest BCUT2D eigenvalue weighted by atomic mass is 9.85. The molecule has 0 atom stereocenters. The van der Waals surface area contributed by atoms with Gasteiger partial charge in [0, 0.05) is 18.5 Å². The molecule has 2 nitrogen and oxygen atoms in total. The second kappa shape index (κ2) is 2.59. The molecule has 3 rings (SSSR count). The van der Waals surface area contributed by atoms with E-state index in [1.807, 2.05) is 12.1 Å². The highest BCUT2D eigenvalue weighted by molar-refractivity contribution is 5.51. The average Bonchev–Trinajstić information content (AvgIpc) is 2.98. The van der Waals surface area contributed by atoms with E-state index in [1.54, 1.807) is 0 Å². The van der Waals surface area contributed by atoms with Gasteiger partial charge in [0.2, 0.25) is 0 Å². The van der Waals surface area contributed by atoms with Crippen molar-refractivity contribution in [1.29, 1.82) is 5.26 Å². The number of nitriles is 1. The third-order valence-electron chi connectivity index (χ3n) is 3.43. The highest BCUT2D eigenvalue weighted by Gasteiger charge is 2.48. The molecular formula is C12H12N2. The average molecular weight is 184 g/mol. The van der Waals surface area contributed by atoms with Crippen molar-refractivity contribution in [2.75, 3.05) is 6.54 Å². The summed E-state index contributed by atoms with van der Waals surface area (Å²) in [6, 6.07) is 8.40. The summed E-state index contributed by atoms with van der Waals surface area (Å²) in [4.78, 5) is 0. The van der Waals surface area contributed by atoms with Gasteiger partial charge in [-0.25, -0.2) is 0 Å². The summed E-state index contributed by atoms with van der Waals surface area (Å²) in [5.74, 6) is 0. The molecule has 1 aromatic carbocycles. The topological polar surface area (TPSA) is 35.8 Å². The third kappa shape index (κ3) is 0.935. The van der Waals surface area contributed by atoms with Gasteiger partial charge in [0.15, 0.2) is 0 Å². The monoisotopic (exact) mass is 184 g/mol. The first-order valence-corrected chi connectivity index (χ1v) is 5.09. The van der Waals surface area contributed by atoms with Crippen LogP contribution in [0.3, 0.4) is 0 Å². The molecule has 0 saturated heterocycles. The van der Waals surface area contributed by atoms with Gasteiger partial charge in [0.25, 0.3) is 0 Å². The maximum atomic E-state index is 9.08. The van der Waals surface area contributed by atoms with Crippen molar-refractivity contribution < 1.29 is 0 Å². The van der Waals surface area contributed by atoms with Crippen LogP contribution in [0.5, 0.6) is 0 Å². The quantitative estimate of drug-likeness (QED) is 0.666. The Hall–Kier alpha value is -1.33. The van der Waals surface area contributed by atoms with E-state index in [-0.39, 0.29) is 0 Å². The van der Waals surface area contributed by atoms with Gasteiger partial charge in [-0.1, -0.05) is 12.1 Å². The minimum atomic E-state index is 0.319. The Kier molecular flexibility index (Phi) is 1.48. The maximum Gasteiger partial charge on any atom is 0.0994 e. The van der Waals surface area contributed by atoms with Crippen LogP contribution in [0.15, 0.2) is 18.2 Å². The lowest BCUT2D eigenvalue weighted by molar-refractivity contribution is 0.530. The van der Waals surface area contributed by atoms with Gasteiger partial charge in [-0.3, -0.25) is 0 Å². The second-order valence-electron chi connectivity index (χ2n) is 4.34. The fourth-order valence-corrected chi connectivity index (χ4v) is 2.57. The van der Waals surface area contributed by atoms with E-state index >= 15 is 0 Å². The fraction of sp³-hybridized carbons (Fsp3) is 0.417. The number of nitrogens with zero attached hydrogens (tertiary/aromatic N) is 1. The summed E-state index contributed by atoms with van der Waals surface area (Å²) in [6.07, 6.45) is 2.48. The largest absolute Gasteiger partial charge is 0.312 e. The molecule has 2 aliphatic rings. The minimum Gasteiger partial charge on any atom is -0.312 e. The molecule has 0 radical (unpaired) electrons. The molecule has 2 heteroatoms. The summed E-state index contributed by atoms with van der Waals surface area (Å²) >= 11 is 0. The summed E-state index contributed by atoms with van der Waals surface area (Å²) in [6.45, 7) is 1.98. The van der Waals surface area contributed by atoms with Crippen LogP contribution in [0.4, 0.5) is 0 Å². The van der Waals surface area contributed by atoms with E-state index in [4.69, 9.17) is 5.26 Å². The van der Waals surface area contributed by atoms with Gasteiger partial charge in [-0.2, -0.15) is 5.26 Å². The molecule has 70 valence electrons. The van der Waals surface area contributed by atoms with Crippen LogP contribution in [-0.2, 0) is 12.0 Å². The zero-order chi connectivity index (χ0) is 9.60. The van der Waals surface area contributed by atoms with E-state index in [1.165, 1.54) is 24.0 Å². The Morgan fingerprint density at radius 3 is 2.93 bits per heavy atom. The zero-order valence-electron chi connectivity index (χ0n) is 8.01. The fourth-order valence-electron chi connectivity index (χ4n) is 2.57. The molecule has 1 aliphatic carbocycles. The Bertz CT molecular complexity index is 424. The lowest BCUT2D eigenvalue weighted by Crippen LogP contribution is -2.34. The highest BCUT2D eigenvalue weighted by Crippen LogP contribution is 2.51. The number of nitrogens with one attached hydrogen (secondary N) is 1. The van der Waals surface area contributed by atoms with E-state index in [0.29, 0.717) is 5.41 Å². The van der Waals surface area contributed by atoms with Crippen molar-refractivity contribution in [2.24, 2.45) is 0 Å². The SMILES string of the molecule is N#Cc1cccc2c1C1(CC1)CNC2. The van der Waals surface area contributed by atoms with Gasteiger partial charge >= 0.3 is 0 Å². The first-order valence-electron chi connectivity index (χ1n) is 5.09. The summed E-state index contributed by atoms with van der Waals surface area (Å²) < 4.78 is 0. The predicted molar refractivity (Wildman–Crippen MR) is 53.8 cm³/mol. The molecule has 1 aliphatic heterocycles. The Morgan fingerprint density at radius 2 is 2.21 bits per heavy atom.